The SMILES string of the molecule is Cc1cc([C@H](C)NC(=O)[C@@H](NC(=O)c2ccc(Cl)cc2)C(C)C)c(C)s1. The Kier molecular flexibility index (Phi) is 6.84. The Morgan fingerprint density at radius 2 is 1.65 bits per heavy atom. The standard InChI is InChI=1S/C20H25ClN2O2S/c1-11(2)18(23-19(24)15-6-8-16(21)9-7-15)20(25)22-13(4)17-10-12(3)26-14(17)5/h6-11,13,18H,1-5H3,(H,22,25)(H,23,24)/t13-,18-/m0/s1. The van der Waals surface area contributed by atoms with Crippen molar-refractivity contribution in [3.8, 4) is 0 Å². The van der Waals surface area contributed by atoms with Crippen molar-refractivity contribution in [2.75, 3.05) is 0 Å². The van der Waals surface area contributed by atoms with E-state index < -0.39 is 6.04 Å². The van der Waals surface area contributed by atoms with Crippen LogP contribution in [0.3, 0.4) is 0 Å². The fraction of sp³-hybridized carbons (Fsp3) is 0.400. The number of nitrogens with one attached hydrogen (secondary N) is 2. The van der Waals surface area contributed by atoms with Crippen LogP contribution in [0.1, 0.15) is 52.5 Å². The minimum atomic E-state index is -0.610. The number of hydrogen-bond acceptors (Lipinski definition) is 3. The summed E-state index contributed by atoms with van der Waals surface area (Å²) in [4.78, 5) is 27.6. The summed E-state index contributed by atoms with van der Waals surface area (Å²) >= 11 is 7.57. The van der Waals surface area contributed by atoms with E-state index in [-0.39, 0.29) is 23.8 Å². The van der Waals surface area contributed by atoms with E-state index in [9.17, 15) is 9.59 Å². The third-order valence-corrected chi connectivity index (χ3v) is 5.48. The zero-order valence-corrected chi connectivity index (χ0v) is 17.3. The molecule has 1 heterocycles. The number of hydrogen-bond donors (Lipinski definition) is 2. The predicted molar refractivity (Wildman–Crippen MR) is 108 cm³/mol. The molecule has 0 aliphatic rings. The Hall–Kier alpha value is -1.85. The highest BCUT2D eigenvalue weighted by Crippen LogP contribution is 2.26. The number of carbonyl (C=O) groups excluding carboxylic acids is 2. The molecule has 140 valence electrons. The number of rotatable bonds is 6. The van der Waals surface area contributed by atoms with Gasteiger partial charge in [-0.15, -0.1) is 11.3 Å². The van der Waals surface area contributed by atoms with Crippen LogP contribution in [0.5, 0.6) is 0 Å². The van der Waals surface area contributed by atoms with Crippen LogP contribution in [0.15, 0.2) is 30.3 Å². The maximum atomic E-state index is 12.8. The summed E-state index contributed by atoms with van der Waals surface area (Å²) in [5.74, 6) is -0.507. The van der Waals surface area contributed by atoms with Crippen LogP contribution in [-0.4, -0.2) is 17.9 Å². The smallest absolute Gasteiger partial charge is 0.251 e. The van der Waals surface area contributed by atoms with Gasteiger partial charge in [0.2, 0.25) is 5.91 Å². The van der Waals surface area contributed by atoms with Gasteiger partial charge in [-0.2, -0.15) is 0 Å². The molecule has 0 aliphatic heterocycles. The van der Waals surface area contributed by atoms with Gasteiger partial charge in [0.15, 0.2) is 0 Å². The van der Waals surface area contributed by atoms with Crippen molar-refractivity contribution in [3.05, 3.63) is 56.2 Å². The van der Waals surface area contributed by atoms with Crippen LogP contribution in [0.25, 0.3) is 0 Å². The van der Waals surface area contributed by atoms with Crippen LogP contribution < -0.4 is 10.6 Å². The lowest BCUT2D eigenvalue weighted by molar-refractivity contribution is -0.124. The van der Waals surface area contributed by atoms with Crippen LogP contribution in [-0.2, 0) is 4.79 Å². The van der Waals surface area contributed by atoms with Gasteiger partial charge in [0.05, 0.1) is 6.04 Å². The number of thiophene rings is 1. The predicted octanol–water partition coefficient (Wildman–Crippen LogP) is 4.65. The van der Waals surface area contributed by atoms with Crippen LogP contribution in [0, 0.1) is 19.8 Å². The number of amides is 2. The van der Waals surface area contributed by atoms with E-state index >= 15 is 0 Å². The van der Waals surface area contributed by atoms with Crippen molar-refractivity contribution in [2.24, 2.45) is 5.92 Å². The highest BCUT2D eigenvalue weighted by molar-refractivity contribution is 7.12. The molecule has 2 aromatic rings. The van der Waals surface area contributed by atoms with Gasteiger partial charge in [0.25, 0.3) is 5.91 Å². The lowest BCUT2D eigenvalue weighted by Gasteiger charge is -2.24. The molecule has 1 aromatic carbocycles. The van der Waals surface area contributed by atoms with Gasteiger partial charge in [-0.1, -0.05) is 25.4 Å². The maximum absolute atomic E-state index is 12.8. The summed E-state index contributed by atoms with van der Waals surface area (Å²) in [5.41, 5.74) is 1.59. The molecule has 0 fully saturated rings. The molecule has 0 radical (unpaired) electrons. The van der Waals surface area contributed by atoms with Gasteiger partial charge in [0.1, 0.15) is 6.04 Å². The first-order valence-electron chi connectivity index (χ1n) is 8.62. The summed E-state index contributed by atoms with van der Waals surface area (Å²) in [7, 11) is 0. The van der Waals surface area contributed by atoms with Crippen molar-refractivity contribution in [2.45, 2.75) is 46.7 Å². The van der Waals surface area contributed by atoms with Crippen molar-refractivity contribution in [1.82, 2.24) is 10.6 Å². The minimum Gasteiger partial charge on any atom is -0.348 e. The van der Waals surface area contributed by atoms with E-state index in [1.54, 1.807) is 35.6 Å². The molecular formula is C20H25ClN2O2S. The summed E-state index contributed by atoms with van der Waals surface area (Å²) < 4.78 is 0. The number of carbonyl (C=O) groups is 2. The molecule has 2 amide bonds. The molecule has 2 N–H and O–H groups in total. The first-order chi connectivity index (χ1) is 12.2. The molecule has 6 heteroatoms. The van der Waals surface area contributed by atoms with Crippen molar-refractivity contribution >= 4 is 34.8 Å². The first kappa shape index (κ1) is 20.5. The van der Waals surface area contributed by atoms with E-state index in [1.165, 1.54) is 9.75 Å². The molecular weight excluding hydrogens is 368 g/mol. The van der Waals surface area contributed by atoms with E-state index in [0.717, 1.165) is 5.56 Å². The van der Waals surface area contributed by atoms with E-state index in [0.29, 0.717) is 10.6 Å². The Morgan fingerprint density at radius 1 is 1.04 bits per heavy atom. The molecule has 0 saturated carbocycles. The topological polar surface area (TPSA) is 58.2 Å². The highest BCUT2D eigenvalue weighted by atomic mass is 35.5. The molecule has 4 nitrogen and oxygen atoms in total. The fourth-order valence-corrected chi connectivity index (χ4v) is 3.97. The second-order valence-electron chi connectivity index (χ2n) is 6.80. The van der Waals surface area contributed by atoms with Gasteiger partial charge in [-0.3, -0.25) is 9.59 Å². The second kappa shape index (κ2) is 8.69. The van der Waals surface area contributed by atoms with Crippen LogP contribution in [0.2, 0.25) is 5.02 Å². The van der Waals surface area contributed by atoms with Crippen molar-refractivity contribution in [3.63, 3.8) is 0 Å². The summed E-state index contributed by atoms with van der Waals surface area (Å²) in [6.45, 7) is 9.90. The van der Waals surface area contributed by atoms with Crippen molar-refractivity contribution < 1.29 is 9.59 Å². The Balaban J connectivity index is 2.08. The van der Waals surface area contributed by atoms with E-state index in [1.807, 2.05) is 20.8 Å². The molecule has 0 saturated heterocycles. The van der Waals surface area contributed by atoms with Gasteiger partial charge in [-0.05, 0) is 62.6 Å². The van der Waals surface area contributed by atoms with E-state index in [4.69, 9.17) is 11.6 Å². The monoisotopic (exact) mass is 392 g/mol. The van der Waals surface area contributed by atoms with Gasteiger partial charge in [0, 0.05) is 20.3 Å². The number of aryl methyl sites for hydroxylation is 2. The molecule has 0 spiro atoms. The molecule has 2 atom stereocenters. The van der Waals surface area contributed by atoms with Gasteiger partial charge in [-0.25, -0.2) is 0 Å². The van der Waals surface area contributed by atoms with Crippen LogP contribution in [0.4, 0.5) is 0 Å². The maximum Gasteiger partial charge on any atom is 0.251 e. The molecule has 0 aliphatic carbocycles. The number of benzene rings is 1. The first-order valence-corrected chi connectivity index (χ1v) is 9.82. The highest BCUT2D eigenvalue weighted by Gasteiger charge is 2.26. The van der Waals surface area contributed by atoms with Gasteiger partial charge >= 0.3 is 0 Å². The second-order valence-corrected chi connectivity index (χ2v) is 8.70. The molecule has 0 bridgehead atoms. The number of halogens is 1. The largest absolute Gasteiger partial charge is 0.348 e. The summed E-state index contributed by atoms with van der Waals surface area (Å²) in [5, 5.41) is 6.43. The van der Waals surface area contributed by atoms with Gasteiger partial charge < -0.3 is 10.6 Å². The Labute approximate surface area is 164 Å². The molecule has 26 heavy (non-hydrogen) atoms. The lowest BCUT2D eigenvalue weighted by Crippen LogP contribution is -2.50. The lowest BCUT2D eigenvalue weighted by atomic mass is 10.0. The minimum absolute atomic E-state index is 0.0382. The molecule has 0 unspecified atom stereocenters. The van der Waals surface area contributed by atoms with E-state index in [2.05, 4.69) is 30.5 Å². The Bertz CT molecular complexity index is 784. The quantitative estimate of drug-likeness (QED) is 0.751. The van der Waals surface area contributed by atoms with Crippen LogP contribution >= 0.6 is 22.9 Å². The third kappa shape index (κ3) is 5.08. The summed E-state index contributed by atoms with van der Waals surface area (Å²) in [6.07, 6.45) is 0. The zero-order chi connectivity index (χ0) is 19.4. The normalized spacial score (nSPS) is 13.3. The fourth-order valence-electron chi connectivity index (χ4n) is 2.82. The Morgan fingerprint density at radius 3 is 2.15 bits per heavy atom. The zero-order valence-electron chi connectivity index (χ0n) is 15.7. The summed E-state index contributed by atoms with van der Waals surface area (Å²) in [6, 6.07) is 7.98. The average molecular weight is 393 g/mol. The van der Waals surface area contributed by atoms with Crippen molar-refractivity contribution in [1.29, 1.82) is 0 Å². The third-order valence-electron chi connectivity index (χ3n) is 4.25. The molecule has 1 aromatic heterocycles. The molecule has 2 rings (SSSR count). The average Bonchev–Trinajstić information content (AvgIpc) is 2.91.